The zero-order chi connectivity index (χ0) is 26.1. The number of pyridine rings is 1. The van der Waals surface area contributed by atoms with Crippen LogP contribution < -0.4 is 4.90 Å². The van der Waals surface area contributed by atoms with E-state index in [0.29, 0.717) is 6.04 Å². The molecule has 2 saturated heterocycles. The van der Waals surface area contributed by atoms with Crippen LogP contribution in [0.15, 0.2) is 49.1 Å². The Balaban J connectivity index is 1.30. The number of hydrogen-bond acceptors (Lipinski definition) is 6. The van der Waals surface area contributed by atoms with E-state index in [9.17, 15) is 0 Å². The summed E-state index contributed by atoms with van der Waals surface area (Å²) < 4.78 is 7.77. The summed E-state index contributed by atoms with van der Waals surface area (Å²) >= 11 is 0. The molecule has 1 N–H and O–H groups in total. The molecule has 0 atom stereocenters. The minimum Gasteiger partial charge on any atom is -0.378 e. The minimum atomic E-state index is 0.477. The highest BCUT2D eigenvalue weighted by atomic mass is 16.5. The van der Waals surface area contributed by atoms with Gasteiger partial charge in [-0.15, -0.1) is 0 Å². The van der Waals surface area contributed by atoms with Crippen molar-refractivity contribution in [3.8, 4) is 22.3 Å². The molecule has 8 nitrogen and oxygen atoms in total. The topological polar surface area (TPSA) is 65.5 Å². The summed E-state index contributed by atoms with van der Waals surface area (Å²) in [6.45, 7) is 10.0. The van der Waals surface area contributed by atoms with E-state index in [1.807, 2.05) is 12.4 Å². The van der Waals surface area contributed by atoms with Crippen molar-refractivity contribution in [1.29, 1.82) is 0 Å². The van der Waals surface area contributed by atoms with Gasteiger partial charge >= 0.3 is 0 Å². The summed E-state index contributed by atoms with van der Waals surface area (Å²) in [4.78, 5) is 15.4. The molecule has 0 saturated carbocycles. The lowest BCUT2D eigenvalue weighted by atomic mass is 10.00. The van der Waals surface area contributed by atoms with Crippen LogP contribution in [-0.2, 0) is 11.3 Å². The number of aromatic nitrogens is 4. The van der Waals surface area contributed by atoms with E-state index >= 15 is 0 Å². The molecule has 0 bridgehead atoms. The first-order valence-electron chi connectivity index (χ1n) is 13.9. The molecular weight excluding hydrogens is 474 g/mol. The van der Waals surface area contributed by atoms with Crippen LogP contribution in [0.5, 0.6) is 0 Å². The van der Waals surface area contributed by atoms with Crippen LogP contribution in [0.1, 0.15) is 31.4 Å². The predicted molar refractivity (Wildman–Crippen MR) is 154 cm³/mol. The van der Waals surface area contributed by atoms with E-state index in [4.69, 9.17) is 14.8 Å². The standard InChI is InChI=1S/C30H39N7O/c1-4-35-9-7-26(8-10-35)37-21-25(18-33-37)28-19-32-30-27(28)16-23(17-31-30)22-5-6-29(24(15-22)20-34(2)3)36-11-13-38-14-12-36/h5-6,15-19,21,26H,4,7-14,20H2,1-3H3,(H,31,32). The summed E-state index contributed by atoms with van der Waals surface area (Å²) in [5, 5.41) is 5.91. The van der Waals surface area contributed by atoms with Gasteiger partial charge in [0.1, 0.15) is 5.65 Å². The summed E-state index contributed by atoms with van der Waals surface area (Å²) in [6, 6.07) is 9.59. The van der Waals surface area contributed by atoms with Gasteiger partial charge in [0.05, 0.1) is 25.5 Å². The molecule has 38 heavy (non-hydrogen) atoms. The van der Waals surface area contributed by atoms with Crippen molar-refractivity contribution >= 4 is 16.7 Å². The van der Waals surface area contributed by atoms with Gasteiger partial charge in [-0.3, -0.25) is 4.68 Å². The number of fused-ring (bicyclic) bond motifs is 1. The molecule has 2 aliphatic heterocycles. The molecule has 200 valence electrons. The molecule has 0 aliphatic carbocycles. The summed E-state index contributed by atoms with van der Waals surface area (Å²) in [5.74, 6) is 0. The lowest BCUT2D eigenvalue weighted by Gasteiger charge is -2.31. The largest absolute Gasteiger partial charge is 0.378 e. The van der Waals surface area contributed by atoms with Gasteiger partial charge in [0.15, 0.2) is 0 Å². The van der Waals surface area contributed by atoms with Crippen LogP contribution in [0.3, 0.4) is 0 Å². The third kappa shape index (κ3) is 5.08. The molecular formula is C30H39N7O. The lowest BCUT2D eigenvalue weighted by molar-refractivity contribution is 0.122. The van der Waals surface area contributed by atoms with Crippen LogP contribution in [0.25, 0.3) is 33.3 Å². The molecule has 6 rings (SSSR count). The Morgan fingerprint density at radius 1 is 1.00 bits per heavy atom. The first-order valence-corrected chi connectivity index (χ1v) is 13.9. The van der Waals surface area contributed by atoms with Crippen LogP contribution in [-0.4, -0.2) is 89.6 Å². The molecule has 0 radical (unpaired) electrons. The molecule has 0 amide bonds. The highest BCUT2D eigenvalue weighted by Gasteiger charge is 2.21. The smallest absolute Gasteiger partial charge is 0.137 e. The van der Waals surface area contributed by atoms with Gasteiger partial charge in [0.25, 0.3) is 0 Å². The maximum atomic E-state index is 5.59. The number of morpholine rings is 1. The maximum Gasteiger partial charge on any atom is 0.137 e. The number of hydrogen-bond donors (Lipinski definition) is 1. The number of ether oxygens (including phenoxy) is 1. The Labute approximate surface area is 225 Å². The van der Waals surface area contributed by atoms with Crippen molar-refractivity contribution in [3.63, 3.8) is 0 Å². The number of aromatic amines is 1. The van der Waals surface area contributed by atoms with E-state index in [0.717, 1.165) is 93.0 Å². The SMILES string of the molecule is CCN1CCC(n2cc(-c3c[nH]c4ncc(-c5ccc(N6CCOCC6)c(CN(C)C)c5)cc34)cn2)CC1. The van der Waals surface area contributed by atoms with Gasteiger partial charge in [0.2, 0.25) is 0 Å². The Morgan fingerprint density at radius 2 is 1.82 bits per heavy atom. The molecule has 2 aliphatic rings. The number of rotatable bonds is 7. The first-order chi connectivity index (χ1) is 18.6. The molecule has 2 fully saturated rings. The van der Waals surface area contributed by atoms with E-state index < -0.39 is 0 Å². The van der Waals surface area contributed by atoms with Crippen molar-refractivity contribution in [2.45, 2.75) is 32.4 Å². The second-order valence-corrected chi connectivity index (χ2v) is 10.9. The van der Waals surface area contributed by atoms with Gasteiger partial charge in [0, 0.05) is 79.1 Å². The van der Waals surface area contributed by atoms with Crippen molar-refractivity contribution in [2.24, 2.45) is 0 Å². The average molecular weight is 514 g/mol. The number of nitrogens with zero attached hydrogens (tertiary/aromatic N) is 6. The summed E-state index contributed by atoms with van der Waals surface area (Å²) in [7, 11) is 4.26. The fraction of sp³-hybridized carbons (Fsp3) is 0.467. The van der Waals surface area contributed by atoms with Gasteiger partial charge in [-0.25, -0.2) is 4.98 Å². The third-order valence-corrected chi connectivity index (χ3v) is 8.07. The van der Waals surface area contributed by atoms with Crippen LogP contribution in [0.4, 0.5) is 5.69 Å². The fourth-order valence-electron chi connectivity index (χ4n) is 5.92. The summed E-state index contributed by atoms with van der Waals surface area (Å²) in [5.41, 5.74) is 8.17. The quantitative estimate of drug-likeness (QED) is 0.388. The van der Waals surface area contributed by atoms with Crippen molar-refractivity contribution < 1.29 is 4.74 Å². The van der Waals surface area contributed by atoms with Crippen molar-refractivity contribution in [1.82, 2.24) is 29.5 Å². The van der Waals surface area contributed by atoms with E-state index in [1.54, 1.807) is 0 Å². The van der Waals surface area contributed by atoms with Crippen LogP contribution in [0, 0.1) is 0 Å². The molecule has 1 aromatic carbocycles. The molecule has 4 aromatic rings. The lowest BCUT2D eigenvalue weighted by Crippen LogP contribution is -2.37. The first kappa shape index (κ1) is 25.1. The summed E-state index contributed by atoms with van der Waals surface area (Å²) in [6.07, 6.45) is 10.6. The van der Waals surface area contributed by atoms with Crippen molar-refractivity contribution in [2.75, 3.05) is 64.9 Å². The van der Waals surface area contributed by atoms with Crippen LogP contribution >= 0.6 is 0 Å². The van der Waals surface area contributed by atoms with Gasteiger partial charge in [-0.2, -0.15) is 5.10 Å². The van der Waals surface area contributed by atoms with Gasteiger partial charge in [-0.05, 0) is 62.8 Å². The number of benzene rings is 1. The van der Waals surface area contributed by atoms with E-state index in [1.165, 1.54) is 16.8 Å². The maximum absolute atomic E-state index is 5.59. The van der Waals surface area contributed by atoms with E-state index in [2.05, 4.69) is 82.0 Å². The zero-order valence-electron chi connectivity index (χ0n) is 22.9. The highest BCUT2D eigenvalue weighted by molar-refractivity contribution is 5.95. The Bertz CT molecular complexity index is 1380. The average Bonchev–Trinajstić information content (AvgIpc) is 3.60. The Kier molecular flexibility index (Phi) is 7.19. The van der Waals surface area contributed by atoms with Gasteiger partial charge in [-0.1, -0.05) is 13.0 Å². The molecule has 3 aromatic heterocycles. The van der Waals surface area contributed by atoms with Crippen LogP contribution in [0.2, 0.25) is 0 Å². The van der Waals surface area contributed by atoms with Crippen molar-refractivity contribution in [3.05, 3.63) is 54.6 Å². The number of likely N-dealkylation sites (tertiary alicyclic amines) is 1. The monoisotopic (exact) mass is 513 g/mol. The third-order valence-electron chi connectivity index (χ3n) is 8.07. The van der Waals surface area contributed by atoms with E-state index in [-0.39, 0.29) is 0 Å². The Hall–Kier alpha value is -3.20. The number of piperidine rings is 1. The number of nitrogens with one attached hydrogen (secondary N) is 1. The molecule has 8 heteroatoms. The predicted octanol–water partition coefficient (Wildman–Crippen LogP) is 4.65. The van der Waals surface area contributed by atoms with Gasteiger partial charge < -0.3 is 24.4 Å². The fourth-order valence-corrected chi connectivity index (χ4v) is 5.92. The Morgan fingerprint density at radius 3 is 2.58 bits per heavy atom. The normalized spacial score (nSPS) is 17.6. The molecule has 0 spiro atoms. The second kappa shape index (κ2) is 10.9. The number of H-pyrrole nitrogens is 1. The molecule has 5 heterocycles. The second-order valence-electron chi connectivity index (χ2n) is 10.9. The molecule has 0 unspecified atom stereocenters. The minimum absolute atomic E-state index is 0.477. The number of anilines is 1. The highest BCUT2D eigenvalue weighted by Crippen LogP contribution is 2.34. The zero-order valence-corrected chi connectivity index (χ0v) is 22.9.